The number of halogens is 1. The number of pyridine rings is 1. The molecule has 1 aromatic heterocycles. The number of methoxy groups -OCH3 is 1. The summed E-state index contributed by atoms with van der Waals surface area (Å²) in [6.07, 6.45) is 0.951. The summed E-state index contributed by atoms with van der Waals surface area (Å²) >= 11 is 3.22. The zero-order valence-electron chi connectivity index (χ0n) is 8.03. The molecule has 0 amide bonds. The first-order valence-electron chi connectivity index (χ1n) is 4.10. The van der Waals surface area contributed by atoms with Gasteiger partial charge in [0, 0.05) is 12.7 Å². The average molecular weight is 262 g/mol. The van der Waals surface area contributed by atoms with E-state index in [0.29, 0.717) is 15.9 Å². The lowest BCUT2D eigenvalue weighted by atomic mass is 10.1. The van der Waals surface area contributed by atoms with Crippen molar-refractivity contribution < 1.29 is 14.6 Å². The Kier molecular flexibility index (Phi) is 4.31. The smallest absolute Gasteiger partial charge is 0.188 e. The van der Waals surface area contributed by atoms with Crippen LogP contribution in [0.3, 0.4) is 0 Å². The maximum Gasteiger partial charge on any atom is 0.188 e. The fourth-order valence-corrected chi connectivity index (χ4v) is 1.35. The van der Waals surface area contributed by atoms with E-state index in [1.54, 1.807) is 19.2 Å². The fraction of sp³-hybridized carbons (Fsp3) is 0.444. The average Bonchev–Trinajstić information content (AvgIpc) is 2.15. The van der Waals surface area contributed by atoms with Crippen LogP contribution in [0.15, 0.2) is 16.9 Å². The first-order chi connectivity index (χ1) is 6.65. The maximum atomic E-state index is 9.46. The lowest BCUT2D eigenvalue weighted by Gasteiger charge is -2.12. The molecular weight excluding hydrogens is 250 g/mol. The van der Waals surface area contributed by atoms with Crippen molar-refractivity contribution in [3.63, 3.8) is 0 Å². The van der Waals surface area contributed by atoms with Crippen LogP contribution in [0.1, 0.15) is 18.6 Å². The summed E-state index contributed by atoms with van der Waals surface area (Å²) in [6.45, 7) is 1.81. The molecular formula is C9H12BrNO3. The monoisotopic (exact) mass is 261 g/mol. The standard InChI is InChI=1S/C9H12BrNO3/c1-6(12)7-3-9(10)11-4-8(7)14-5-13-2/h3-4,6,12H,5H2,1-2H3. The normalized spacial score (nSPS) is 12.6. The third-order valence-electron chi connectivity index (χ3n) is 1.65. The molecule has 0 aliphatic heterocycles. The van der Waals surface area contributed by atoms with E-state index in [9.17, 15) is 5.11 Å². The van der Waals surface area contributed by atoms with Gasteiger partial charge in [-0.1, -0.05) is 0 Å². The number of aliphatic hydroxyl groups excluding tert-OH is 1. The summed E-state index contributed by atoms with van der Waals surface area (Å²) in [7, 11) is 1.54. The molecule has 0 aliphatic rings. The highest BCUT2D eigenvalue weighted by atomic mass is 79.9. The van der Waals surface area contributed by atoms with Gasteiger partial charge in [-0.15, -0.1) is 0 Å². The van der Waals surface area contributed by atoms with Crippen molar-refractivity contribution in [2.24, 2.45) is 0 Å². The summed E-state index contributed by atoms with van der Waals surface area (Å²) in [4.78, 5) is 4.00. The van der Waals surface area contributed by atoms with Gasteiger partial charge >= 0.3 is 0 Å². The number of nitrogens with zero attached hydrogens (tertiary/aromatic N) is 1. The molecule has 1 atom stereocenters. The van der Waals surface area contributed by atoms with Gasteiger partial charge in [-0.25, -0.2) is 4.98 Å². The van der Waals surface area contributed by atoms with Crippen LogP contribution in [0.5, 0.6) is 5.75 Å². The summed E-state index contributed by atoms with van der Waals surface area (Å²) in [5, 5.41) is 9.46. The maximum absolute atomic E-state index is 9.46. The summed E-state index contributed by atoms with van der Waals surface area (Å²) in [5.41, 5.74) is 0.684. The van der Waals surface area contributed by atoms with Gasteiger partial charge in [0.2, 0.25) is 0 Å². The molecule has 1 heterocycles. The lowest BCUT2D eigenvalue weighted by Crippen LogP contribution is -2.04. The van der Waals surface area contributed by atoms with E-state index in [1.807, 2.05) is 0 Å². The van der Waals surface area contributed by atoms with E-state index in [2.05, 4.69) is 20.9 Å². The zero-order valence-corrected chi connectivity index (χ0v) is 9.61. The molecule has 1 unspecified atom stereocenters. The number of aliphatic hydroxyl groups is 1. The summed E-state index contributed by atoms with van der Waals surface area (Å²) in [6, 6.07) is 1.72. The van der Waals surface area contributed by atoms with Crippen LogP contribution in [0.25, 0.3) is 0 Å². The van der Waals surface area contributed by atoms with Crippen molar-refractivity contribution in [1.29, 1.82) is 0 Å². The summed E-state index contributed by atoms with van der Waals surface area (Å²) in [5.74, 6) is 0.532. The first kappa shape index (κ1) is 11.4. The Morgan fingerprint density at radius 1 is 1.64 bits per heavy atom. The predicted octanol–water partition coefficient (Wildman–Crippen LogP) is 1.88. The molecule has 14 heavy (non-hydrogen) atoms. The largest absolute Gasteiger partial charge is 0.466 e. The van der Waals surface area contributed by atoms with E-state index in [0.717, 1.165) is 0 Å². The fourth-order valence-electron chi connectivity index (χ4n) is 1.00. The number of hydrogen-bond donors (Lipinski definition) is 1. The van der Waals surface area contributed by atoms with Gasteiger partial charge < -0.3 is 14.6 Å². The van der Waals surface area contributed by atoms with Crippen molar-refractivity contribution in [3.8, 4) is 5.75 Å². The Labute approximate surface area is 91.0 Å². The number of ether oxygens (including phenoxy) is 2. The molecule has 4 nitrogen and oxygen atoms in total. The highest BCUT2D eigenvalue weighted by Gasteiger charge is 2.10. The van der Waals surface area contributed by atoms with E-state index < -0.39 is 6.10 Å². The second-order valence-electron chi connectivity index (χ2n) is 2.77. The highest BCUT2D eigenvalue weighted by Crippen LogP contribution is 2.26. The quantitative estimate of drug-likeness (QED) is 0.665. The predicted molar refractivity (Wildman–Crippen MR) is 55.1 cm³/mol. The Bertz CT molecular complexity index is 304. The molecule has 0 fully saturated rings. The number of aromatic nitrogens is 1. The molecule has 1 rings (SSSR count). The summed E-state index contributed by atoms with van der Waals surface area (Å²) < 4.78 is 10.7. The van der Waals surface area contributed by atoms with E-state index in [4.69, 9.17) is 9.47 Å². The van der Waals surface area contributed by atoms with Crippen LogP contribution in [-0.4, -0.2) is 24.0 Å². The van der Waals surface area contributed by atoms with Crippen molar-refractivity contribution >= 4 is 15.9 Å². The third-order valence-corrected chi connectivity index (χ3v) is 2.08. The lowest BCUT2D eigenvalue weighted by molar-refractivity contribution is 0.0481. The van der Waals surface area contributed by atoms with E-state index in [1.165, 1.54) is 7.11 Å². The van der Waals surface area contributed by atoms with E-state index >= 15 is 0 Å². The Morgan fingerprint density at radius 3 is 2.93 bits per heavy atom. The first-order valence-corrected chi connectivity index (χ1v) is 4.89. The van der Waals surface area contributed by atoms with Crippen LogP contribution in [0, 0.1) is 0 Å². The van der Waals surface area contributed by atoms with Gasteiger partial charge in [0.25, 0.3) is 0 Å². The Balaban J connectivity index is 2.90. The van der Waals surface area contributed by atoms with Gasteiger partial charge in [0.05, 0.1) is 12.3 Å². The van der Waals surface area contributed by atoms with Gasteiger partial charge in [-0.3, -0.25) is 0 Å². The molecule has 1 N–H and O–H groups in total. The van der Waals surface area contributed by atoms with Crippen molar-refractivity contribution in [3.05, 3.63) is 22.4 Å². The minimum atomic E-state index is -0.596. The number of hydrogen-bond acceptors (Lipinski definition) is 4. The molecule has 0 bridgehead atoms. The molecule has 0 aromatic carbocycles. The second kappa shape index (κ2) is 5.29. The van der Waals surface area contributed by atoms with Gasteiger partial charge in [-0.05, 0) is 28.9 Å². The van der Waals surface area contributed by atoms with Crippen LogP contribution < -0.4 is 4.74 Å². The molecule has 0 spiro atoms. The van der Waals surface area contributed by atoms with Crippen LogP contribution >= 0.6 is 15.9 Å². The zero-order chi connectivity index (χ0) is 10.6. The topological polar surface area (TPSA) is 51.6 Å². The van der Waals surface area contributed by atoms with Crippen molar-refractivity contribution in [2.45, 2.75) is 13.0 Å². The van der Waals surface area contributed by atoms with Crippen LogP contribution in [0.2, 0.25) is 0 Å². The van der Waals surface area contributed by atoms with Crippen molar-refractivity contribution in [1.82, 2.24) is 4.98 Å². The van der Waals surface area contributed by atoms with Gasteiger partial charge in [0.15, 0.2) is 6.79 Å². The van der Waals surface area contributed by atoms with Gasteiger partial charge in [0.1, 0.15) is 10.4 Å². The van der Waals surface area contributed by atoms with E-state index in [-0.39, 0.29) is 6.79 Å². The molecule has 5 heteroatoms. The minimum absolute atomic E-state index is 0.142. The third kappa shape index (κ3) is 2.94. The SMILES string of the molecule is COCOc1cnc(Br)cc1C(C)O. The molecule has 0 radical (unpaired) electrons. The minimum Gasteiger partial charge on any atom is -0.466 e. The molecule has 0 saturated heterocycles. The van der Waals surface area contributed by atoms with Crippen LogP contribution in [0.4, 0.5) is 0 Å². The highest BCUT2D eigenvalue weighted by molar-refractivity contribution is 9.10. The van der Waals surface area contributed by atoms with Crippen molar-refractivity contribution in [2.75, 3.05) is 13.9 Å². The molecule has 78 valence electrons. The molecule has 0 aliphatic carbocycles. The van der Waals surface area contributed by atoms with Gasteiger partial charge in [-0.2, -0.15) is 0 Å². The molecule has 0 saturated carbocycles. The Hall–Kier alpha value is -0.650. The van der Waals surface area contributed by atoms with Crippen LogP contribution in [-0.2, 0) is 4.74 Å². The second-order valence-corrected chi connectivity index (χ2v) is 3.58. The number of rotatable bonds is 4. The molecule has 1 aromatic rings. The Morgan fingerprint density at radius 2 is 2.36 bits per heavy atom.